The zero-order valence-corrected chi connectivity index (χ0v) is 11.7. The van der Waals surface area contributed by atoms with E-state index in [1.165, 1.54) is 27.5 Å². The molecular weight excluding hydrogens is 269 g/mol. The molecule has 0 N–H and O–H groups in total. The molecule has 0 fully saturated rings. The number of halogens is 2. The molecule has 1 aliphatic heterocycles. The quantitative estimate of drug-likeness (QED) is 0.326. The van der Waals surface area contributed by atoms with Gasteiger partial charge < -0.3 is 4.57 Å². The summed E-state index contributed by atoms with van der Waals surface area (Å²) in [5, 5.41) is 3.50. The van der Waals surface area contributed by atoms with Crippen molar-refractivity contribution < 1.29 is 0 Å². The summed E-state index contributed by atoms with van der Waals surface area (Å²) in [7, 11) is 0.556. The van der Waals surface area contributed by atoms with E-state index in [2.05, 4.69) is 34.9 Å². The Kier molecular flexibility index (Phi) is 2.66. The van der Waals surface area contributed by atoms with Crippen LogP contribution in [0.1, 0.15) is 0 Å². The van der Waals surface area contributed by atoms with Crippen LogP contribution in [0.5, 0.6) is 0 Å². The van der Waals surface area contributed by atoms with Gasteiger partial charge in [0.1, 0.15) is 0 Å². The van der Waals surface area contributed by atoms with Crippen molar-refractivity contribution in [3.05, 3.63) is 41.4 Å². The van der Waals surface area contributed by atoms with Gasteiger partial charge in [0, 0.05) is 10.8 Å². The monoisotopic (exact) mass is 277 g/mol. The average Bonchev–Trinajstić information content (AvgIpc) is 2.99. The first-order valence-electron chi connectivity index (χ1n) is 5.29. The molecular formula is C13H9Cl2NSi. The first-order valence-corrected chi connectivity index (χ1v) is 8.18. The number of rotatable bonds is 0. The molecule has 0 aliphatic carbocycles. The fourth-order valence-electron chi connectivity index (χ4n) is 2.30. The van der Waals surface area contributed by atoms with Crippen molar-refractivity contribution in [2.24, 2.45) is 0 Å². The molecule has 84 valence electrons. The summed E-state index contributed by atoms with van der Waals surface area (Å²) < 4.78 is 2.23. The Balaban J connectivity index is 0.000000276. The molecule has 0 amide bonds. The Morgan fingerprint density at radius 1 is 1.06 bits per heavy atom. The van der Waals surface area contributed by atoms with Gasteiger partial charge in [-0.25, -0.2) is 0 Å². The molecule has 1 aliphatic rings. The van der Waals surface area contributed by atoms with E-state index in [1.807, 2.05) is 12.6 Å². The number of para-hydroxylation sites is 1. The van der Waals surface area contributed by atoms with E-state index >= 15 is 0 Å². The number of benzene rings is 2. The number of hydrogen-bond acceptors (Lipinski definition) is 0. The highest BCUT2D eigenvalue weighted by atomic mass is 35.6. The lowest BCUT2D eigenvalue weighted by atomic mass is 10.1. The van der Waals surface area contributed by atoms with Gasteiger partial charge in [-0.15, -0.1) is 0 Å². The minimum atomic E-state index is 0.556. The molecule has 2 radical (unpaired) electrons. The van der Waals surface area contributed by atoms with Gasteiger partial charge in [0.2, 0.25) is 0 Å². The van der Waals surface area contributed by atoms with E-state index < -0.39 is 0 Å². The first-order chi connectivity index (χ1) is 8.29. The van der Waals surface area contributed by atoms with Crippen LogP contribution in [-0.4, -0.2) is 13.4 Å². The third kappa shape index (κ3) is 1.52. The van der Waals surface area contributed by atoms with Gasteiger partial charge in [-0.1, -0.05) is 42.4 Å². The molecule has 0 atom stereocenters. The number of pyridine rings is 1. The van der Waals surface area contributed by atoms with Gasteiger partial charge in [-0.05, 0) is 12.1 Å². The second kappa shape index (κ2) is 4.05. The fraction of sp³-hybridized carbons (Fsp3) is 0.0769. The fourth-order valence-corrected chi connectivity index (χ4v) is 2.54. The number of nitrogens with zero attached hydrogens (tertiary/aromatic N) is 1. The molecule has 4 heteroatoms. The van der Waals surface area contributed by atoms with E-state index in [9.17, 15) is 0 Å². The molecule has 0 bridgehead atoms. The lowest BCUT2D eigenvalue weighted by Gasteiger charge is -1.96. The molecule has 0 spiro atoms. The maximum atomic E-state index is 6.09. The van der Waals surface area contributed by atoms with Crippen LogP contribution >= 0.6 is 22.7 Å². The first kappa shape index (κ1) is 11.1. The van der Waals surface area contributed by atoms with E-state index in [1.54, 1.807) is 0 Å². The summed E-state index contributed by atoms with van der Waals surface area (Å²) in [5.74, 6) is 0. The zero-order valence-electron chi connectivity index (χ0n) is 9.17. The van der Waals surface area contributed by atoms with Crippen LogP contribution in [0, 0.1) is 0 Å². The Bertz CT molecular complexity index is 718. The average molecular weight is 278 g/mol. The van der Waals surface area contributed by atoms with Crippen LogP contribution in [0.3, 0.4) is 0 Å². The number of hydrogen-bond donors (Lipinski definition) is 0. The summed E-state index contributed by atoms with van der Waals surface area (Å²) in [6, 6.07) is 12.5. The third-order valence-corrected chi connectivity index (χ3v) is 3.24. The Morgan fingerprint density at radius 2 is 1.76 bits per heavy atom. The number of aromatic nitrogens is 1. The molecule has 0 unspecified atom stereocenters. The summed E-state index contributed by atoms with van der Waals surface area (Å²) in [6.45, 7) is 1.92. The van der Waals surface area contributed by atoms with Crippen LogP contribution in [0.15, 0.2) is 36.4 Å². The predicted molar refractivity (Wildman–Crippen MR) is 76.8 cm³/mol. The summed E-state index contributed by atoms with van der Waals surface area (Å²) in [4.78, 5) is 0. The second-order valence-electron chi connectivity index (χ2n) is 3.83. The SMILES string of the molecule is C[Si]Cl.Clc1ccc2c3ccccc3n3c2c1-3. The third-order valence-electron chi connectivity index (χ3n) is 2.93. The summed E-state index contributed by atoms with van der Waals surface area (Å²) >= 11 is 11.1. The lowest BCUT2D eigenvalue weighted by molar-refractivity contribution is 1.37. The largest absolute Gasteiger partial charge is 0.304 e. The number of fused-ring (bicyclic) bond motifs is 4. The van der Waals surface area contributed by atoms with Crippen molar-refractivity contribution in [3.8, 4) is 5.69 Å². The zero-order chi connectivity index (χ0) is 12.0. The van der Waals surface area contributed by atoms with Gasteiger partial charge >= 0.3 is 0 Å². The molecule has 1 nitrogen and oxygen atoms in total. The smallest absolute Gasteiger partial charge is 0.168 e. The van der Waals surface area contributed by atoms with E-state index in [-0.39, 0.29) is 0 Å². The highest BCUT2D eigenvalue weighted by Gasteiger charge is 2.28. The van der Waals surface area contributed by atoms with E-state index in [0.717, 1.165) is 5.02 Å². The van der Waals surface area contributed by atoms with Crippen molar-refractivity contribution in [1.29, 1.82) is 0 Å². The van der Waals surface area contributed by atoms with Crippen molar-refractivity contribution in [1.82, 2.24) is 4.57 Å². The lowest BCUT2D eigenvalue weighted by Crippen LogP contribution is -1.76. The van der Waals surface area contributed by atoms with Crippen molar-refractivity contribution in [2.45, 2.75) is 6.55 Å². The molecule has 2 heterocycles. The van der Waals surface area contributed by atoms with Crippen molar-refractivity contribution in [3.63, 3.8) is 0 Å². The van der Waals surface area contributed by atoms with Gasteiger partial charge in [-0.2, -0.15) is 11.1 Å². The van der Waals surface area contributed by atoms with E-state index in [0.29, 0.717) is 8.83 Å². The second-order valence-corrected chi connectivity index (χ2v) is 5.75. The predicted octanol–water partition coefficient (Wildman–Crippen LogP) is 4.64. The van der Waals surface area contributed by atoms with Crippen LogP contribution in [0.4, 0.5) is 0 Å². The maximum Gasteiger partial charge on any atom is 0.168 e. The highest BCUT2D eigenvalue weighted by molar-refractivity contribution is 6.92. The molecule has 0 saturated heterocycles. The van der Waals surface area contributed by atoms with Gasteiger partial charge in [-0.3, -0.25) is 0 Å². The summed E-state index contributed by atoms with van der Waals surface area (Å²) in [6.07, 6.45) is 0. The normalized spacial score (nSPS) is 11.5. The van der Waals surface area contributed by atoms with Gasteiger partial charge in [0.05, 0.1) is 21.7 Å². The minimum absolute atomic E-state index is 0.556. The maximum absolute atomic E-state index is 6.09. The molecule has 0 saturated carbocycles. The van der Waals surface area contributed by atoms with Gasteiger partial charge in [0.25, 0.3) is 0 Å². The van der Waals surface area contributed by atoms with Crippen LogP contribution in [0.2, 0.25) is 11.6 Å². The van der Waals surface area contributed by atoms with Crippen LogP contribution in [0.25, 0.3) is 27.5 Å². The standard InChI is InChI=1S/C12H6ClN.CH3ClSi/c13-9-6-5-8-7-3-1-2-4-10(7)14-11(8)12(9)14;1-3-2/h1-6H;1H3. The molecule has 4 rings (SSSR count). The van der Waals surface area contributed by atoms with Crippen molar-refractivity contribution in [2.75, 3.05) is 0 Å². The molecule has 1 aromatic heterocycles. The Morgan fingerprint density at radius 3 is 2.53 bits per heavy atom. The highest BCUT2D eigenvalue weighted by Crippen LogP contribution is 2.47. The van der Waals surface area contributed by atoms with E-state index in [4.69, 9.17) is 22.7 Å². The summed E-state index contributed by atoms with van der Waals surface area (Å²) in [5.41, 5.74) is 3.77. The van der Waals surface area contributed by atoms with Crippen molar-refractivity contribution >= 4 is 53.3 Å². The Labute approximate surface area is 111 Å². The molecule has 17 heavy (non-hydrogen) atoms. The Hall–Kier alpha value is -0.963. The minimum Gasteiger partial charge on any atom is -0.304 e. The molecule has 2 aromatic carbocycles. The van der Waals surface area contributed by atoms with Crippen LogP contribution in [-0.2, 0) is 0 Å². The van der Waals surface area contributed by atoms with Gasteiger partial charge in [0.15, 0.2) is 8.83 Å². The van der Waals surface area contributed by atoms with Crippen LogP contribution < -0.4 is 0 Å². The molecule has 3 aromatic rings. The topological polar surface area (TPSA) is 4.93 Å².